The highest BCUT2D eigenvalue weighted by Crippen LogP contribution is 2.45. The van der Waals surface area contributed by atoms with Gasteiger partial charge in [-0.3, -0.25) is 14.5 Å². The third-order valence-electron chi connectivity index (χ3n) is 5.59. The summed E-state index contributed by atoms with van der Waals surface area (Å²) in [4.78, 5) is 26.5. The van der Waals surface area contributed by atoms with Crippen molar-refractivity contribution in [1.29, 1.82) is 0 Å². The molecule has 0 bridgehead atoms. The highest BCUT2D eigenvalue weighted by atomic mass is 16.3. The fourth-order valence-corrected chi connectivity index (χ4v) is 4.31. The molecule has 4 nitrogen and oxygen atoms in total. The lowest BCUT2D eigenvalue weighted by Crippen LogP contribution is -2.40. The smallest absolute Gasteiger partial charge is 0.235 e. The minimum atomic E-state index is -0.392. The Morgan fingerprint density at radius 3 is 2.35 bits per heavy atom. The Kier molecular flexibility index (Phi) is 3.85. The van der Waals surface area contributed by atoms with Crippen molar-refractivity contribution in [3.05, 3.63) is 0 Å². The van der Waals surface area contributed by atoms with E-state index in [1.807, 2.05) is 0 Å². The number of nitrogens with zero attached hydrogens (tertiary/aromatic N) is 1. The minimum absolute atomic E-state index is 0.00370. The first-order valence-electron chi connectivity index (χ1n) is 8.15. The summed E-state index contributed by atoms with van der Waals surface area (Å²) in [6.45, 7) is 0.445. The van der Waals surface area contributed by atoms with E-state index in [0.29, 0.717) is 13.0 Å². The van der Waals surface area contributed by atoms with Crippen molar-refractivity contribution in [3.63, 3.8) is 0 Å². The number of imide groups is 1. The van der Waals surface area contributed by atoms with Gasteiger partial charge < -0.3 is 5.11 Å². The summed E-state index contributed by atoms with van der Waals surface area (Å²) >= 11 is 0. The van der Waals surface area contributed by atoms with Crippen molar-refractivity contribution < 1.29 is 14.7 Å². The van der Waals surface area contributed by atoms with Crippen molar-refractivity contribution in [3.8, 4) is 0 Å². The summed E-state index contributed by atoms with van der Waals surface area (Å²) in [6, 6.07) is 0. The second-order valence-electron chi connectivity index (χ2n) is 6.94. The molecule has 0 radical (unpaired) electrons. The predicted molar refractivity (Wildman–Crippen MR) is 74.8 cm³/mol. The quantitative estimate of drug-likeness (QED) is 0.789. The van der Waals surface area contributed by atoms with Gasteiger partial charge >= 0.3 is 0 Å². The number of hydrogen-bond donors (Lipinski definition) is 1. The lowest BCUT2D eigenvalue weighted by molar-refractivity contribution is -0.142. The van der Waals surface area contributed by atoms with Gasteiger partial charge in [-0.05, 0) is 25.7 Å². The number of carbonyl (C=O) groups excluding carboxylic acids is 2. The Morgan fingerprint density at radius 1 is 1.05 bits per heavy atom. The van der Waals surface area contributed by atoms with E-state index < -0.39 is 5.41 Å². The third-order valence-corrected chi connectivity index (χ3v) is 5.59. The second-order valence-corrected chi connectivity index (χ2v) is 6.94. The first-order valence-corrected chi connectivity index (χ1v) is 8.15. The second kappa shape index (κ2) is 5.47. The number of carbonyl (C=O) groups is 2. The van der Waals surface area contributed by atoms with Crippen LogP contribution in [0.2, 0.25) is 0 Å². The summed E-state index contributed by atoms with van der Waals surface area (Å²) in [6.07, 6.45) is 9.09. The van der Waals surface area contributed by atoms with E-state index in [1.54, 1.807) is 0 Å². The van der Waals surface area contributed by atoms with Crippen molar-refractivity contribution in [2.24, 2.45) is 11.3 Å². The molecule has 2 aliphatic carbocycles. The highest BCUT2D eigenvalue weighted by Gasteiger charge is 2.51. The Hall–Kier alpha value is -0.900. The van der Waals surface area contributed by atoms with Gasteiger partial charge in [0, 0.05) is 18.9 Å². The third kappa shape index (κ3) is 2.39. The normalized spacial score (nSPS) is 34.0. The van der Waals surface area contributed by atoms with Gasteiger partial charge in [0.2, 0.25) is 11.8 Å². The van der Waals surface area contributed by atoms with Crippen LogP contribution in [-0.2, 0) is 9.59 Å². The molecular weight excluding hydrogens is 254 g/mol. The highest BCUT2D eigenvalue weighted by molar-refractivity contribution is 6.05. The Labute approximate surface area is 120 Å². The fraction of sp³-hybridized carbons (Fsp3) is 0.875. The summed E-state index contributed by atoms with van der Waals surface area (Å²) in [5.74, 6) is 0.156. The zero-order chi connectivity index (χ0) is 14.2. The molecular formula is C16H25NO3. The Morgan fingerprint density at radius 2 is 1.75 bits per heavy atom. The maximum Gasteiger partial charge on any atom is 0.235 e. The molecule has 20 heavy (non-hydrogen) atoms. The summed E-state index contributed by atoms with van der Waals surface area (Å²) in [7, 11) is 0. The molecule has 2 unspecified atom stereocenters. The van der Waals surface area contributed by atoms with Crippen LogP contribution in [0.3, 0.4) is 0 Å². The SMILES string of the molecule is O=C1CC2(CCCCCC2)C(=O)N1CC1CCCC1O. The first-order chi connectivity index (χ1) is 9.62. The van der Waals surface area contributed by atoms with E-state index in [2.05, 4.69) is 0 Å². The fourth-order valence-electron chi connectivity index (χ4n) is 4.31. The van der Waals surface area contributed by atoms with E-state index >= 15 is 0 Å². The number of aliphatic hydroxyl groups is 1. The van der Waals surface area contributed by atoms with Gasteiger partial charge in [0.1, 0.15) is 0 Å². The molecule has 2 amide bonds. The van der Waals surface area contributed by atoms with Crippen LogP contribution >= 0.6 is 0 Å². The topological polar surface area (TPSA) is 57.6 Å². The van der Waals surface area contributed by atoms with Gasteiger partial charge in [0.25, 0.3) is 0 Å². The molecule has 0 aromatic rings. The maximum atomic E-state index is 12.8. The molecule has 2 atom stereocenters. The average Bonchev–Trinajstić information content (AvgIpc) is 2.80. The van der Waals surface area contributed by atoms with E-state index in [9.17, 15) is 14.7 Å². The van der Waals surface area contributed by atoms with Gasteiger partial charge in [-0.2, -0.15) is 0 Å². The lowest BCUT2D eigenvalue weighted by Gasteiger charge is -2.26. The van der Waals surface area contributed by atoms with Crippen LogP contribution in [0.15, 0.2) is 0 Å². The number of hydrogen-bond acceptors (Lipinski definition) is 3. The van der Waals surface area contributed by atoms with Gasteiger partial charge in [0.15, 0.2) is 0 Å². The van der Waals surface area contributed by atoms with Gasteiger partial charge in [0.05, 0.1) is 11.5 Å². The number of rotatable bonds is 2. The molecule has 1 heterocycles. The molecule has 112 valence electrons. The summed E-state index contributed by atoms with van der Waals surface area (Å²) in [5.41, 5.74) is -0.392. The van der Waals surface area contributed by atoms with Crippen LogP contribution in [-0.4, -0.2) is 34.5 Å². The van der Waals surface area contributed by atoms with Gasteiger partial charge in [-0.25, -0.2) is 0 Å². The van der Waals surface area contributed by atoms with Crippen LogP contribution in [0.25, 0.3) is 0 Å². The Bertz CT molecular complexity index is 399. The first kappa shape index (κ1) is 14.1. The summed E-state index contributed by atoms with van der Waals surface area (Å²) in [5, 5.41) is 9.92. The molecule has 0 aromatic carbocycles. The molecule has 3 rings (SSSR count). The van der Waals surface area contributed by atoms with Crippen molar-refractivity contribution in [2.75, 3.05) is 6.54 Å². The molecule has 0 aromatic heterocycles. The van der Waals surface area contributed by atoms with Crippen LogP contribution in [0, 0.1) is 11.3 Å². The van der Waals surface area contributed by atoms with Crippen LogP contribution in [0.5, 0.6) is 0 Å². The van der Waals surface area contributed by atoms with E-state index in [4.69, 9.17) is 0 Å². The Balaban J connectivity index is 1.72. The largest absolute Gasteiger partial charge is 0.393 e. The molecule has 2 saturated carbocycles. The van der Waals surface area contributed by atoms with E-state index in [0.717, 1.165) is 44.9 Å². The van der Waals surface area contributed by atoms with Crippen LogP contribution in [0.1, 0.15) is 64.2 Å². The standard InChI is InChI=1S/C16H25NO3/c18-13-7-5-6-12(13)11-17-14(19)10-16(15(17)20)8-3-1-2-4-9-16/h12-13,18H,1-11H2. The van der Waals surface area contributed by atoms with Crippen LogP contribution in [0.4, 0.5) is 0 Å². The van der Waals surface area contributed by atoms with Crippen molar-refractivity contribution in [2.45, 2.75) is 70.3 Å². The molecule has 1 aliphatic heterocycles. The number of likely N-dealkylation sites (tertiary alicyclic amines) is 1. The molecule has 3 aliphatic rings. The van der Waals surface area contributed by atoms with Crippen LogP contribution < -0.4 is 0 Å². The zero-order valence-electron chi connectivity index (χ0n) is 12.1. The number of amides is 2. The van der Waals surface area contributed by atoms with E-state index in [1.165, 1.54) is 17.7 Å². The lowest BCUT2D eigenvalue weighted by atomic mass is 9.79. The molecule has 3 fully saturated rings. The summed E-state index contributed by atoms with van der Waals surface area (Å²) < 4.78 is 0. The zero-order valence-corrected chi connectivity index (χ0v) is 12.1. The molecule has 1 N–H and O–H groups in total. The van der Waals surface area contributed by atoms with Gasteiger partial charge in [-0.1, -0.05) is 32.1 Å². The molecule has 4 heteroatoms. The minimum Gasteiger partial charge on any atom is -0.393 e. The maximum absolute atomic E-state index is 12.8. The van der Waals surface area contributed by atoms with E-state index in [-0.39, 0.29) is 23.8 Å². The molecule has 1 spiro atoms. The monoisotopic (exact) mass is 279 g/mol. The average molecular weight is 279 g/mol. The molecule has 1 saturated heterocycles. The van der Waals surface area contributed by atoms with Gasteiger partial charge in [-0.15, -0.1) is 0 Å². The van der Waals surface area contributed by atoms with Crippen molar-refractivity contribution in [1.82, 2.24) is 4.90 Å². The van der Waals surface area contributed by atoms with Crippen molar-refractivity contribution >= 4 is 11.8 Å². The number of aliphatic hydroxyl groups excluding tert-OH is 1. The predicted octanol–water partition coefficient (Wildman–Crippen LogP) is 2.25.